The summed E-state index contributed by atoms with van der Waals surface area (Å²) < 4.78 is 10.5. The van der Waals surface area contributed by atoms with Crippen molar-refractivity contribution in [3.05, 3.63) is 76.8 Å². The maximum absolute atomic E-state index is 12.5. The lowest BCUT2D eigenvalue weighted by atomic mass is 10.1. The lowest BCUT2D eigenvalue weighted by Crippen LogP contribution is -2.31. The van der Waals surface area contributed by atoms with Crippen LogP contribution in [0, 0.1) is 0 Å². The smallest absolute Gasteiger partial charge is 0.342 e. The molecule has 28 heavy (non-hydrogen) atoms. The molecule has 3 aromatic carbocycles. The maximum Gasteiger partial charge on any atom is 0.342 e. The van der Waals surface area contributed by atoms with Crippen LogP contribution in [0.25, 0.3) is 10.8 Å². The molecule has 0 aliphatic carbocycles. The van der Waals surface area contributed by atoms with E-state index < -0.39 is 11.9 Å². The lowest BCUT2D eigenvalue weighted by molar-refractivity contribution is -0.124. The van der Waals surface area contributed by atoms with Crippen molar-refractivity contribution in [2.45, 2.75) is 13.0 Å². The molecule has 144 valence electrons. The third-order valence-electron chi connectivity index (χ3n) is 4.37. The monoisotopic (exact) mass is 397 g/mol. The number of fused-ring (bicyclic) bond motifs is 1. The number of rotatable bonds is 6. The third kappa shape index (κ3) is 4.61. The molecule has 0 fully saturated rings. The van der Waals surface area contributed by atoms with Crippen LogP contribution in [0.3, 0.4) is 0 Å². The van der Waals surface area contributed by atoms with E-state index in [-0.39, 0.29) is 18.2 Å². The first-order chi connectivity index (χ1) is 13.5. The second-order valence-corrected chi connectivity index (χ2v) is 6.75. The Hall–Kier alpha value is -3.05. The van der Waals surface area contributed by atoms with E-state index in [1.807, 2.05) is 43.3 Å². The van der Waals surface area contributed by atoms with E-state index in [2.05, 4.69) is 5.32 Å². The van der Waals surface area contributed by atoms with Crippen LogP contribution in [-0.4, -0.2) is 25.6 Å². The molecule has 3 rings (SSSR count). The molecule has 1 amide bonds. The van der Waals surface area contributed by atoms with E-state index in [0.29, 0.717) is 10.8 Å². The van der Waals surface area contributed by atoms with Crippen LogP contribution < -0.4 is 10.1 Å². The van der Waals surface area contributed by atoms with Gasteiger partial charge in [0.05, 0.1) is 13.2 Å². The minimum atomic E-state index is -0.614. The number of carbonyl (C=O) groups is 2. The number of halogens is 1. The van der Waals surface area contributed by atoms with Crippen molar-refractivity contribution < 1.29 is 19.1 Å². The summed E-state index contributed by atoms with van der Waals surface area (Å²) in [6.45, 7) is 1.46. The second-order valence-electron chi connectivity index (χ2n) is 6.32. The molecule has 1 atom stereocenters. The highest BCUT2D eigenvalue weighted by atomic mass is 35.5. The summed E-state index contributed by atoms with van der Waals surface area (Å²) in [7, 11) is 1.49. The van der Waals surface area contributed by atoms with Crippen molar-refractivity contribution in [1.29, 1.82) is 0 Å². The molecule has 0 spiro atoms. The SMILES string of the molecule is COc1cc2ccccc2cc1C(=O)OCC(=O)N[C@H](C)c1ccc(Cl)cc1. The molecular formula is C22H20ClNO4. The van der Waals surface area contributed by atoms with E-state index >= 15 is 0 Å². The van der Waals surface area contributed by atoms with Crippen molar-refractivity contribution in [3.63, 3.8) is 0 Å². The van der Waals surface area contributed by atoms with Crippen molar-refractivity contribution >= 4 is 34.2 Å². The zero-order chi connectivity index (χ0) is 20.1. The molecule has 0 aliphatic rings. The topological polar surface area (TPSA) is 64.6 Å². The van der Waals surface area contributed by atoms with Gasteiger partial charge in [-0.15, -0.1) is 0 Å². The molecule has 3 aromatic rings. The third-order valence-corrected chi connectivity index (χ3v) is 4.62. The predicted octanol–water partition coefficient (Wildman–Crippen LogP) is 4.54. The number of ether oxygens (including phenoxy) is 2. The summed E-state index contributed by atoms with van der Waals surface area (Å²) in [5.74, 6) is -0.605. The van der Waals surface area contributed by atoms with Gasteiger partial charge < -0.3 is 14.8 Å². The van der Waals surface area contributed by atoms with Crippen LogP contribution in [0.1, 0.15) is 28.9 Å². The molecular weight excluding hydrogens is 378 g/mol. The second kappa shape index (κ2) is 8.76. The van der Waals surface area contributed by atoms with E-state index in [1.54, 1.807) is 24.3 Å². The van der Waals surface area contributed by atoms with E-state index in [4.69, 9.17) is 21.1 Å². The number of hydrogen-bond donors (Lipinski definition) is 1. The summed E-state index contributed by atoms with van der Waals surface area (Å²) in [6, 6.07) is 18.0. The van der Waals surface area contributed by atoms with Crippen molar-refractivity contribution in [2.24, 2.45) is 0 Å². The number of hydrogen-bond acceptors (Lipinski definition) is 4. The Morgan fingerprint density at radius 3 is 2.32 bits per heavy atom. The average Bonchev–Trinajstić information content (AvgIpc) is 2.71. The van der Waals surface area contributed by atoms with Gasteiger partial charge in [0, 0.05) is 5.02 Å². The van der Waals surface area contributed by atoms with Gasteiger partial charge in [0.25, 0.3) is 5.91 Å². The van der Waals surface area contributed by atoms with Crippen molar-refractivity contribution in [1.82, 2.24) is 5.32 Å². The molecule has 0 unspecified atom stereocenters. The first-order valence-electron chi connectivity index (χ1n) is 8.76. The average molecular weight is 398 g/mol. The summed E-state index contributed by atoms with van der Waals surface area (Å²) >= 11 is 5.87. The maximum atomic E-state index is 12.5. The molecule has 5 nitrogen and oxygen atoms in total. The van der Waals surface area contributed by atoms with Crippen LogP contribution in [0.4, 0.5) is 0 Å². The lowest BCUT2D eigenvalue weighted by Gasteiger charge is -2.15. The quantitative estimate of drug-likeness (QED) is 0.620. The van der Waals surface area contributed by atoms with Crippen LogP contribution in [-0.2, 0) is 9.53 Å². The van der Waals surface area contributed by atoms with E-state index in [9.17, 15) is 9.59 Å². The molecule has 0 heterocycles. The Morgan fingerprint density at radius 2 is 1.68 bits per heavy atom. The minimum Gasteiger partial charge on any atom is -0.496 e. The van der Waals surface area contributed by atoms with Gasteiger partial charge in [-0.2, -0.15) is 0 Å². The molecule has 0 aromatic heterocycles. The molecule has 0 radical (unpaired) electrons. The van der Waals surface area contributed by atoms with Gasteiger partial charge in [-0.1, -0.05) is 48.0 Å². The first-order valence-corrected chi connectivity index (χ1v) is 9.14. The van der Waals surface area contributed by atoms with Gasteiger partial charge in [-0.3, -0.25) is 4.79 Å². The molecule has 0 aliphatic heterocycles. The summed E-state index contributed by atoms with van der Waals surface area (Å²) in [6.07, 6.45) is 0. The Kier molecular flexibility index (Phi) is 6.16. The number of amides is 1. The van der Waals surface area contributed by atoms with Crippen molar-refractivity contribution in [3.8, 4) is 5.75 Å². The van der Waals surface area contributed by atoms with E-state index in [0.717, 1.165) is 16.3 Å². The largest absolute Gasteiger partial charge is 0.496 e. The minimum absolute atomic E-state index is 0.237. The number of esters is 1. The van der Waals surface area contributed by atoms with Gasteiger partial charge in [-0.05, 0) is 47.5 Å². The molecule has 6 heteroatoms. The normalized spacial score (nSPS) is 11.7. The standard InChI is InChI=1S/C22H20ClNO4/c1-14(15-7-9-18(23)10-8-15)24-21(25)13-28-22(26)19-11-16-5-3-4-6-17(16)12-20(19)27-2/h3-12,14H,13H2,1-2H3,(H,24,25)/t14-/m1/s1. The van der Waals surface area contributed by atoms with Gasteiger partial charge in [-0.25, -0.2) is 4.79 Å². The zero-order valence-electron chi connectivity index (χ0n) is 15.6. The number of carbonyl (C=O) groups excluding carboxylic acids is 2. The number of methoxy groups -OCH3 is 1. The summed E-state index contributed by atoms with van der Waals surface area (Å²) in [5, 5.41) is 5.25. The van der Waals surface area contributed by atoms with Crippen LogP contribution in [0.15, 0.2) is 60.7 Å². The Balaban J connectivity index is 1.64. The van der Waals surface area contributed by atoms with Gasteiger partial charge in [0.2, 0.25) is 0 Å². The molecule has 1 N–H and O–H groups in total. The van der Waals surface area contributed by atoms with Gasteiger partial charge in [0.1, 0.15) is 11.3 Å². The van der Waals surface area contributed by atoms with E-state index in [1.165, 1.54) is 7.11 Å². The van der Waals surface area contributed by atoms with Crippen LogP contribution >= 0.6 is 11.6 Å². The highest BCUT2D eigenvalue weighted by molar-refractivity contribution is 6.30. The Labute approximate surface area is 168 Å². The zero-order valence-corrected chi connectivity index (χ0v) is 16.3. The van der Waals surface area contributed by atoms with Crippen LogP contribution in [0.5, 0.6) is 5.75 Å². The Morgan fingerprint density at radius 1 is 1.04 bits per heavy atom. The highest BCUT2D eigenvalue weighted by Gasteiger charge is 2.17. The van der Waals surface area contributed by atoms with Crippen molar-refractivity contribution in [2.75, 3.05) is 13.7 Å². The first kappa shape index (κ1) is 19.7. The summed E-state index contributed by atoms with van der Waals surface area (Å²) in [4.78, 5) is 24.6. The summed E-state index contributed by atoms with van der Waals surface area (Å²) in [5.41, 5.74) is 1.18. The number of benzene rings is 3. The molecule has 0 saturated carbocycles. The van der Waals surface area contributed by atoms with Gasteiger partial charge >= 0.3 is 5.97 Å². The van der Waals surface area contributed by atoms with Crippen LogP contribution in [0.2, 0.25) is 5.02 Å². The fraction of sp³-hybridized carbons (Fsp3) is 0.182. The highest BCUT2D eigenvalue weighted by Crippen LogP contribution is 2.26. The molecule has 0 saturated heterocycles. The Bertz CT molecular complexity index is 1000. The fourth-order valence-electron chi connectivity index (χ4n) is 2.87. The molecule has 0 bridgehead atoms. The predicted molar refractivity (Wildman–Crippen MR) is 109 cm³/mol. The number of nitrogens with one attached hydrogen (secondary N) is 1. The fourth-order valence-corrected chi connectivity index (χ4v) is 3.00. The van der Waals surface area contributed by atoms with Gasteiger partial charge in [0.15, 0.2) is 6.61 Å².